The van der Waals surface area contributed by atoms with Gasteiger partial charge < -0.3 is 21.1 Å². The maximum Gasteiger partial charge on any atom is 0.407 e. The molecule has 0 aliphatic rings. The van der Waals surface area contributed by atoms with Gasteiger partial charge in [-0.15, -0.1) is 0 Å². The molecule has 0 aromatic rings. The molecule has 0 aliphatic carbocycles. The van der Waals surface area contributed by atoms with E-state index in [1.807, 2.05) is 5.32 Å². The summed E-state index contributed by atoms with van der Waals surface area (Å²) in [6.07, 6.45) is -0.209. The van der Waals surface area contributed by atoms with E-state index in [2.05, 4.69) is 5.32 Å². The highest BCUT2D eigenvalue weighted by Crippen LogP contribution is 2.11. The predicted octanol–water partition coefficient (Wildman–Crippen LogP) is 1.08. The minimum atomic E-state index is -3.01. The van der Waals surface area contributed by atoms with Crippen molar-refractivity contribution in [3.05, 3.63) is 0 Å². The predicted molar refractivity (Wildman–Crippen MR) is 65.7 cm³/mol. The Hall–Kier alpha value is -0.950. The Bertz CT molecular complexity index is 255. The van der Waals surface area contributed by atoms with Crippen LogP contribution in [0.25, 0.3) is 0 Å². The van der Waals surface area contributed by atoms with Gasteiger partial charge >= 0.3 is 6.09 Å². The molecule has 0 heterocycles. The lowest BCUT2D eigenvalue weighted by Crippen LogP contribution is -2.45. The van der Waals surface area contributed by atoms with Crippen molar-refractivity contribution in [3.63, 3.8) is 0 Å². The molecular weight excluding hydrogens is 244 g/mol. The summed E-state index contributed by atoms with van der Waals surface area (Å²) in [6.45, 7) is 4.63. The van der Waals surface area contributed by atoms with Crippen molar-refractivity contribution in [1.82, 2.24) is 10.6 Å². The van der Waals surface area contributed by atoms with Gasteiger partial charge in [0.15, 0.2) is 0 Å². The van der Waals surface area contributed by atoms with E-state index in [0.717, 1.165) is 0 Å². The summed E-state index contributed by atoms with van der Waals surface area (Å²) in [6, 6.07) is 0. The number of nitrogens with one attached hydrogen (secondary N) is 2. The SMILES string of the molecule is CC(C)(C)OC(=O)NCC(F)(F)CNCCCN. The van der Waals surface area contributed by atoms with Gasteiger partial charge in [-0.3, -0.25) is 0 Å². The van der Waals surface area contributed by atoms with Crippen molar-refractivity contribution in [2.75, 3.05) is 26.2 Å². The molecule has 0 fully saturated rings. The number of carbonyl (C=O) groups excluding carboxylic acids is 1. The Balaban J connectivity index is 3.84. The van der Waals surface area contributed by atoms with Crippen LogP contribution < -0.4 is 16.4 Å². The molecule has 0 saturated heterocycles. The molecule has 108 valence electrons. The third kappa shape index (κ3) is 10.2. The van der Waals surface area contributed by atoms with Gasteiger partial charge in [0.2, 0.25) is 0 Å². The van der Waals surface area contributed by atoms with E-state index < -0.39 is 30.7 Å². The first-order valence-electron chi connectivity index (χ1n) is 5.92. The van der Waals surface area contributed by atoms with Crippen molar-refractivity contribution in [2.24, 2.45) is 5.73 Å². The second-order valence-corrected chi connectivity index (χ2v) is 5.03. The summed E-state index contributed by atoms with van der Waals surface area (Å²) in [4.78, 5) is 11.2. The molecule has 4 N–H and O–H groups in total. The summed E-state index contributed by atoms with van der Waals surface area (Å²) >= 11 is 0. The Labute approximate surface area is 106 Å². The van der Waals surface area contributed by atoms with Crippen LogP contribution in [0.5, 0.6) is 0 Å². The molecule has 7 heteroatoms. The third-order valence-corrected chi connectivity index (χ3v) is 1.83. The third-order valence-electron chi connectivity index (χ3n) is 1.83. The summed E-state index contributed by atoms with van der Waals surface area (Å²) in [5, 5.41) is 4.62. The van der Waals surface area contributed by atoms with Gasteiger partial charge in [0, 0.05) is 0 Å². The largest absolute Gasteiger partial charge is 0.444 e. The zero-order chi connectivity index (χ0) is 14.2. The number of alkyl carbamates (subject to hydrolysis) is 1. The first kappa shape index (κ1) is 17.1. The average Bonchev–Trinajstić information content (AvgIpc) is 2.20. The molecule has 0 radical (unpaired) electrons. The molecule has 18 heavy (non-hydrogen) atoms. The van der Waals surface area contributed by atoms with Crippen LogP contribution in [0.2, 0.25) is 0 Å². The maximum absolute atomic E-state index is 13.3. The van der Waals surface area contributed by atoms with Gasteiger partial charge in [0.25, 0.3) is 5.92 Å². The quantitative estimate of drug-likeness (QED) is 0.603. The fraction of sp³-hybridized carbons (Fsp3) is 0.909. The minimum Gasteiger partial charge on any atom is -0.444 e. The molecule has 0 spiro atoms. The van der Waals surface area contributed by atoms with E-state index in [9.17, 15) is 13.6 Å². The second kappa shape index (κ2) is 7.48. The number of hydrogen-bond donors (Lipinski definition) is 3. The van der Waals surface area contributed by atoms with Crippen LogP contribution in [-0.4, -0.2) is 43.8 Å². The van der Waals surface area contributed by atoms with E-state index in [0.29, 0.717) is 19.5 Å². The van der Waals surface area contributed by atoms with Gasteiger partial charge in [-0.05, 0) is 40.3 Å². The lowest BCUT2D eigenvalue weighted by atomic mass is 10.2. The van der Waals surface area contributed by atoms with Gasteiger partial charge in [0.05, 0.1) is 13.1 Å². The van der Waals surface area contributed by atoms with Crippen LogP contribution >= 0.6 is 0 Å². The first-order chi connectivity index (χ1) is 8.16. The van der Waals surface area contributed by atoms with Crippen molar-refractivity contribution < 1.29 is 18.3 Å². The van der Waals surface area contributed by atoms with E-state index in [-0.39, 0.29) is 0 Å². The molecule has 0 atom stereocenters. The van der Waals surface area contributed by atoms with Crippen LogP contribution in [0.4, 0.5) is 13.6 Å². The van der Waals surface area contributed by atoms with E-state index in [1.54, 1.807) is 20.8 Å². The van der Waals surface area contributed by atoms with Crippen LogP contribution in [0.3, 0.4) is 0 Å². The highest BCUT2D eigenvalue weighted by Gasteiger charge is 2.29. The standard InChI is InChI=1S/C11H23F2N3O2/c1-10(2,3)18-9(17)16-8-11(12,13)7-15-6-4-5-14/h15H,4-8,14H2,1-3H3,(H,16,17). The molecule has 0 saturated carbocycles. The van der Waals surface area contributed by atoms with Crippen LogP contribution in [0, 0.1) is 0 Å². The summed E-state index contributed by atoms with van der Waals surface area (Å²) < 4.78 is 31.4. The van der Waals surface area contributed by atoms with Crippen molar-refractivity contribution in [3.8, 4) is 0 Å². The number of amides is 1. The zero-order valence-corrected chi connectivity index (χ0v) is 11.2. The Kier molecular flexibility index (Phi) is 7.08. The summed E-state index contributed by atoms with van der Waals surface area (Å²) in [5.74, 6) is -3.01. The number of alkyl halides is 2. The molecular formula is C11H23F2N3O2. The van der Waals surface area contributed by atoms with Crippen molar-refractivity contribution in [2.45, 2.75) is 38.7 Å². The smallest absolute Gasteiger partial charge is 0.407 e. The van der Waals surface area contributed by atoms with E-state index in [4.69, 9.17) is 10.5 Å². The fourth-order valence-electron chi connectivity index (χ4n) is 1.08. The van der Waals surface area contributed by atoms with E-state index in [1.165, 1.54) is 0 Å². The molecule has 0 rings (SSSR count). The molecule has 0 unspecified atom stereocenters. The van der Waals surface area contributed by atoms with Crippen LogP contribution in [-0.2, 0) is 4.74 Å². The maximum atomic E-state index is 13.3. The highest BCUT2D eigenvalue weighted by atomic mass is 19.3. The second-order valence-electron chi connectivity index (χ2n) is 5.03. The monoisotopic (exact) mass is 267 g/mol. The van der Waals surface area contributed by atoms with Crippen molar-refractivity contribution in [1.29, 1.82) is 0 Å². The number of carbonyl (C=O) groups is 1. The number of rotatable bonds is 7. The molecule has 0 bridgehead atoms. The lowest BCUT2D eigenvalue weighted by molar-refractivity contribution is -0.00337. The molecule has 0 aliphatic heterocycles. The molecule has 5 nitrogen and oxygen atoms in total. The Morgan fingerprint density at radius 3 is 2.39 bits per heavy atom. The summed E-state index contributed by atoms with van der Waals surface area (Å²) in [7, 11) is 0. The lowest BCUT2D eigenvalue weighted by Gasteiger charge is -2.22. The van der Waals surface area contributed by atoms with Gasteiger partial charge in [-0.2, -0.15) is 0 Å². The Morgan fingerprint density at radius 2 is 1.89 bits per heavy atom. The summed E-state index contributed by atoms with van der Waals surface area (Å²) in [5.41, 5.74) is 4.54. The van der Waals surface area contributed by atoms with Gasteiger partial charge in [0.1, 0.15) is 5.60 Å². The number of halogens is 2. The molecule has 1 amide bonds. The molecule has 0 aromatic heterocycles. The first-order valence-corrected chi connectivity index (χ1v) is 5.92. The van der Waals surface area contributed by atoms with Gasteiger partial charge in [-0.25, -0.2) is 13.6 Å². The number of hydrogen-bond acceptors (Lipinski definition) is 4. The highest BCUT2D eigenvalue weighted by molar-refractivity contribution is 5.67. The zero-order valence-electron chi connectivity index (χ0n) is 11.2. The number of nitrogens with two attached hydrogens (primary N) is 1. The fourth-order valence-corrected chi connectivity index (χ4v) is 1.08. The van der Waals surface area contributed by atoms with E-state index >= 15 is 0 Å². The van der Waals surface area contributed by atoms with Crippen LogP contribution in [0.15, 0.2) is 0 Å². The average molecular weight is 267 g/mol. The van der Waals surface area contributed by atoms with Crippen LogP contribution in [0.1, 0.15) is 27.2 Å². The topological polar surface area (TPSA) is 76.4 Å². The normalized spacial score (nSPS) is 12.3. The van der Waals surface area contributed by atoms with Gasteiger partial charge in [-0.1, -0.05) is 0 Å². The van der Waals surface area contributed by atoms with Crippen molar-refractivity contribution >= 4 is 6.09 Å². The molecule has 0 aromatic carbocycles. The Morgan fingerprint density at radius 1 is 1.28 bits per heavy atom. The minimum absolute atomic E-state index is 0.429. The number of ether oxygens (including phenoxy) is 1.